The third kappa shape index (κ3) is 5.11. The minimum atomic E-state index is 0.227. The first kappa shape index (κ1) is 15.9. The number of rotatable bonds is 10. The lowest BCUT2D eigenvalue weighted by Crippen LogP contribution is -2.18. The highest BCUT2D eigenvalue weighted by atomic mass is 32.1. The molecule has 1 atom stereocenters. The van der Waals surface area contributed by atoms with E-state index in [1.54, 1.807) is 18.4 Å². The molecular formula is C14H22N4O2S. The lowest BCUT2D eigenvalue weighted by Gasteiger charge is -2.14. The number of thiophene rings is 1. The number of nitrogens with zero attached hydrogens (tertiary/aromatic N) is 2. The van der Waals surface area contributed by atoms with Gasteiger partial charge in [0.2, 0.25) is 5.89 Å². The zero-order valence-corrected chi connectivity index (χ0v) is 13.3. The lowest BCUT2D eigenvalue weighted by atomic mass is 10.1. The van der Waals surface area contributed by atoms with E-state index in [9.17, 15) is 0 Å². The van der Waals surface area contributed by atoms with Crippen molar-refractivity contribution < 1.29 is 9.15 Å². The summed E-state index contributed by atoms with van der Waals surface area (Å²) in [6.45, 7) is 4.14. The Balaban J connectivity index is 1.87. The second kappa shape index (κ2) is 8.76. The van der Waals surface area contributed by atoms with E-state index in [1.165, 1.54) is 4.88 Å². The van der Waals surface area contributed by atoms with E-state index in [2.05, 4.69) is 45.3 Å². The van der Waals surface area contributed by atoms with Crippen molar-refractivity contribution in [2.45, 2.75) is 32.4 Å². The summed E-state index contributed by atoms with van der Waals surface area (Å²) in [7, 11) is 1.68. The molecule has 0 aliphatic rings. The molecule has 7 heteroatoms. The number of nitrogens with one attached hydrogen (secondary N) is 2. The quantitative estimate of drug-likeness (QED) is 0.658. The van der Waals surface area contributed by atoms with Crippen molar-refractivity contribution in [3.63, 3.8) is 0 Å². The van der Waals surface area contributed by atoms with Crippen LogP contribution in [-0.4, -0.2) is 30.5 Å². The molecule has 21 heavy (non-hydrogen) atoms. The zero-order chi connectivity index (χ0) is 14.9. The Morgan fingerprint density at radius 1 is 1.43 bits per heavy atom. The summed E-state index contributed by atoms with van der Waals surface area (Å²) in [5.74, 6) is 0.579. The Kier molecular flexibility index (Phi) is 6.65. The van der Waals surface area contributed by atoms with Gasteiger partial charge in [-0.3, -0.25) is 0 Å². The first-order valence-electron chi connectivity index (χ1n) is 7.15. The Morgan fingerprint density at radius 2 is 2.33 bits per heavy atom. The van der Waals surface area contributed by atoms with Crippen LogP contribution in [0.4, 0.5) is 6.01 Å². The van der Waals surface area contributed by atoms with Crippen LogP contribution in [0.3, 0.4) is 0 Å². The molecular weight excluding hydrogens is 288 g/mol. The number of hydrogen-bond acceptors (Lipinski definition) is 7. The van der Waals surface area contributed by atoms with Gasteiger partial charge in [0.05, 0.1) is 19.2 Å². The summed E-state index contributed by atoms with van der Waals surface area (Å²) >= 11 is 1.74. The molecule has 0 fully saturated rings. The van der Waals surface area contributed by atoms with Gasteiger partial charge in [-0.25, -0.2) is 0 Å². The maximum atomic E-state index is 5.61. The van der Waals surface area contributed by atoms with Crippen molar-refractivity contribution in [1.29, 1.82) is 0 Å². The normalized spacial score (nSPS) is 12.5. The SMILES string of the molecule is CCCC(Nc1nnc(CNCCOC)o1)c1cccs1. The molecule has 6 nitrogen and oxygen atoms in total. The van der Waals surface area contributed by atoms with Crippen molar-refractivity contribution in [1.82, 2.24) is 15.5 Å². The second-order valence-corrected chi connectivity index (χ2v) is 5.65. The molecule has 1 unspecified atom stereocenters. The highest BCUT2D eigenvalue weighted by molar-refractivity contribution is 7.10. The number of methoxy groups -OCH3 is 1. The Morgan fingerprint density at radius 3 is 3.05 bits per heavy atom. The van der Waals surface area contributed by atoms with E-state index in [0.29, 0.717) is 25.1 Å². The molecule has 0 spiro atoms. The van der Waals surface area contributed by atoms with Gasteiger partial charge in [0, 0.05) is 18.5 Å². The molecule has 2 aromatic heterocycles. The van der Waals surface area contributed by atoms with Gasteiger partial charge in [0.25, 0.3) is 0 Å². The summed E-state index contributed by atoms with van der Waals surface area (Å²) in [6.07, 6.45) is 2.12. The molecule has 0 saturated heterocycles. The molecule has 0 bridgehead atoms. The molecule has 2 rings (SSSR count). The van der Waals surface area contributed by atoms with Gasteiger partial charge in [-0.05, 0) is 17.9 Å². The molecule has 0 aromatic carbocycles. The van der Waals surface area contributed by atoms with Crippen molar-refractivity contribution in [2.75, 3.05) is 25.6 Å². The summed E-state index contributed by atoms with van der Waals surface area (Å²) < 4.78 is 10.6. The maximum absolute atomic E-state index is 5.61. The van der Waals surface area contributed by atoms with Gasteiger partial charge in [0.15, 0.2) is 0 Å². The fourth-order valence-electron chi connectivity index (χ4n) is 1.97. The van der Waals surface area contributed by atoms with Crippen molar-refractivity contribution in [3.8, 4) is 0 Å². The minimum absolute atomic E-state index is 0.227. The monoisotopic (exact) mass is 310 g/mol. The fourth-order valence-corrected chi connectivity index (χ4v) is 2.78. The van der Waals surface area contributed by atoms with Crippen LogP contribution >= 0.6 is 11.3 Å². The van der Waals surface area contributed by atoms with Crippen LogP contribution in [0, 0.1) is 0 Å². The maximum Gasteiger partial charge on any atom is 0.316 e. The molecule has 0 aliphatic carbocycles. The molecule has 2 heterocycles. The summed E-state index contributed by atoms with van der Waals surface area (Å²) in [5, 5.41) is 16.7. The van der Waals surface area contributed by atoms with E-state index in [1.807, 2.05) is 0 Å². The van der Waals surface area contributed by atoms with Crippen molar-refractivity contribution in [3.05, 3.63) is 28.3 Å². The van der Waals surface area contributed by atoms with Gasteiger partial charge in [-0.15, -0.1) is 16.4 Å². The number of hydrogen-bond donors (Lipinski definition) is 2. The molecule has 0 amide bonds. The topological polar surface area (TPSA) is 72.2 Å². The first-order chi connectivity index (χ1) is 10.3. The Hall–Kier alpha value is -1.44. The van der Waals surface area contributed by atoms with Crippen LogP contribution in [0.5, 0.6) is 0 Å². The Labute approximate surface area is 128 Å². The fraction of sp³-hybridized carbons (Fsp3) is 0.571. The second-order valence-electron chi connectivity index (χ2n) is 4.67. The first-order valence-corrected chi connectivity index (χ1v) is 8.03. The van der Waals surface area contributed by atoms with Crippen LogP contribution < -0.4 is 10.6 Å². The number of ether oxygens (including phenoxy) is 1. The van der Waals surface area contributed by atoms with E-state index >= 15 is 0 Å². The van der Waals surface area contributed by atoms with Gasteiger partial charge < -0.3 is 19.8 Å². The molecule has 116 valence electrons. The summed E-state index contributed by atoms with van der Waals surface area (Å²) in [6, 6.07) is 4.89. The molecule has 2 N–H and O–H groups in total. The standard InChI is InChI=1S/C14H22N4O2S/c1-3-5-11(12-6-4-9-21-12)16-14-18-17-13(20-14)10-15-7-8-19-2/h4,6,9,11,15H,3,5,7-8,10H2,1-2H3,(H,16,18). The van der Waals surface area contributed by atoms with Crippen LogP contribution in [0.25, 0.3) is 0 Å². The average Bonchev–Trinajstić information content (AvgIpc) is 3.15. The molecule has 0 aliphatic heterocycles. The highest BCUT2D eigenvalue weighted by Crippen LogP contribution is 2.26. The number of aromatic nitrogens is 2. The largest absolute Gasteiger partial charge is 0.407 e. The third-order valence-electron chi connectivity index (χ3n) is 2.99. The van der Waals surface area contributed by atoms with Gasteiger partial charge >= 0.3 is 6.01 Å². The average molecular weight is 310 g/mol. The smallest absolute Gasteiger partial charge is 0.316 e. The molecule has 0 radical (unpaired) electrons. The summed E-state index contributed by atoms with van der Waals surface area (Å²) in [5.41, 5.74) is 0. The molecule has 2 aromatic rings. The van der Waals surface area contributed by atoms with Crippen molar-refractivity contribution >= 4 is 17.4 Å². The Bertz CT molecular complexity index is 501. The van der Waals surface area contributed by atoms with Gasteiger partial charge in [0.1, 0.15) is 0 Å². The van der Waals surface area contributed by atoms with E-state index in [4.69, 9.17) is 9.15 Å². The third-order valence-corrected chi connectivity index (χ3v) is 3.97. The predicted octanol–water partition coefficient (Wildman–Crippen LogP) is 2.82. The zero-order valence-electron chi connectivity index (χ0n) is 12.5. The highest BCUT2D eigenvalue weighted by Gasteiger charge is 2.15. The predicted molar refractivity (Wildman–Crippen MR) is 83.5 cm³/mol. The lowest BCUT2D eigenvalue weighted by molar-refractivity contribution is 0.198. The van der Waals surface area contributed by atoms with E-state index < -0.39 is 0 Å². The molecule has 0 saturated carbocycles. The van der Waals surface area contributed by atoms with Gasteiger partial charge in [-0.2, -0.15) is 0 Å². The van der Waals surface area contributed by atoms with Crippen molar-refractivity contribution in [2.24, 2.45) is 0 Å². The van der Waals surface area contributed by atoms with Crippen LogP contribution in [0.2, 0.25) is 0 Å². The minimum Gasteiger partial charge on any atom is -0.407 e. The number of anilines is 1. The van der Waals surface area contributed by atoms with Crippen LogP contribution in [0.1, 0.15) is 36.6 Å². The van der Waals surface area contributed by atoms with Gasteiger partial charge in [-0.1, -0.05) is 24.5 Å². The van der Waals surface area contributed by atoms with E-state index in [-0.39, 0.29) is 6.04 Å². The summed E-state index contributed by atoms with van der Waals surface area (Å²) in [4.78, 5) is 1.29. The van der Waals surface area contributed by atoms with Crippen LogP contribution in [-0.2, 0) is 11.3 Å². The van der Waals surface area contributed by atoms with Crippen LogP contribution in [0.15, 0.2) is 21.9 Å². The van der Waals surface area contributed by atoms with E-state index in [0.717, 1.165) is 19.4 Å².